The lowest BCUT2D eigenvalue weighted by atomic mass is 10.2. The minimum Gasteiger partial charge on any atom is -0.485 e. The Labute approximate surface area is 139 Å². The van der Waals surface area contributed by atoms with Gasteiger partial charge in [-0.25, -0.2) is 4.98 Å². The second-order valence-corrected chi connectivity index (χ2v) is 5.34. The van der Waals surface area contributed by atoms with Crippen LogP contribution < -0.4 is 24.4 Å². The van der Waals surface area contributed by atoms with Crippen LogP contribution >= 0.6 is 0 Å². The smallest absolute Gasteiger partial charge is 0.318 e. The number of nitrogens with one attached hydrogen (secondary N) is 1. The van der Waals surface area contributed by atoms with E-state index in [0.29, 0.717) is 23.0 Å². The number of hydrogen-bond acceptors (Lipinski definition) is 7. The number of ether oxygens (including phenoxy) is 3. The number of hydrogen-bond donors (Lipinski definition) is 1. The Kier molecular flexibility index (Phi) is 4.37. The summed E-state index contributed by atoms with van der Waals surface area (Å²) in [6.45, 7) is 0.136. The molecule has 1 aliphatic rings. The van der Waals surface area contributed by atoms with E-state index < -0.39 is 6.10 Å². The minimum atomic E-state index is -0.753. The van der Waals surface area contributed by atoms with Crippen LogP contribution in [0.15, 0.2) is 30.5 Å². The Morgan fingerprint density at radius 1 is 1.33 bits per heavy atom. The number of rotatable bonds is 4. The Hall–Kier alpha value is -3.03. The number of amides is 1. The molecule has 24 heavy (non-hydrogen) atoms. The first-order chi connectivity index (χ1) is 11.6. The summed E-state index contributed by atoms with van der Waals surface area (Å²) in [5.74, 6) is 1.37. The molecule has 126 valence electrons. The van der Waals surface area contributed by atoms with Crippen molar-refractivity contribution in [3.8, 4) is 17.5 Å². The van der Waals surface area contributed by atoms with Gasteiger partial charge in [-0.2, -0.15) is 4.98 Å². The summed E-state index contributed by atoms with van der Waals surface area (Å²) in [4.78, 5) is 22.5. The Balaban J connectivity index is 1.76. The molecular weight excluding hydrogens is 312 g/mol. The highest BCUT2D eigenvalue weighted by Gasteiger charge is 2.28. The summed E-state index contributed by atoms with van der Waals surface area (Å²) in [5, 5.41) is 2.78. The van der Waals surface area contributed by atoms with E-state index in [4.69, 9.17) is 14.2 Å². The Bertz CT molecular complexity index is 751. The SMILES string of the molecule is COc1ncc(NC(=O)C2COc3ccccc3O2)c(N(C)C)n1. The van der Waals surface area contributed by atoms with Gasteiger partial charge in [-0.3, -0.25) is 4.79 Å². The number of fused-ring (bicyclic) bond motifs is 1. The zero-order valence-electron chi connectivity index (χ0n) is 13.6. The quantitative estimate of drug-likeness (QED) is 0.905. The summed E-state index contributed by atoms with van der Waals surface area (Å²) in [5.41, 5.74) is 0.466. The molecule has 1 aromatic carbocycles. The van der Waals surface area contributed by atoms with Gasteiger partial charge in [0, 0.05) is 14.1 Å². The second kappa shape index (κ2) is 6.61. The standard InChI is InChI=1S/C16H18N4O4/c1-20(2)14-10(8-17-16(19-14)22-3)18-15(21)13-9-23-11-6-4-5-7-12(11)24-13/h4-8,13H,9H2,1-3H3,(H,18,21). The third-order valence-corrected chi connectivity index (χ3v) is 3.41. The molecule has 8 heteroatoms. The maximum atomic E-state index is 12.5. The molecule has 8 nitrogen and oxygen atoms in total. The summed E-state index contributed by atoms with van der Waals surface area (Å²) in [6, 6.07) is 7.45. The lowest BCUT2D eigenvalue weighted by Gasteiger charge is -2.26. The molecule has 0 aliphatic carbocycles. The molecule has 1 aromatic heterocycles. The van der Waals surface area contributed by atoms with Crippen molar-refractivity contribution in [3.05, 3.63) is 30.5 Å². The first-order valence-corrected chi connectivity index (χ1v) is 7.36. The summed E-state index contributed by atoms with van der Waals surface area (Å²) < 4.78 is 16.3. The minimum absolute atomic E-state index is 0.136. The van der Waals surface area contributed by atoms with Crippen molar-refractivity contribution in [2.45, 2.75) is 6.10 Å². The van der Waals surface area contributed by atoms with E-state index in [-0.39, 0.29) is 18.5 Å². The number of nitrogens with zero attached hydrogens (tertiary/aromatic N) is 3. The summed E-state index contributed by atoms with van der Waals surface area (Å²) in [7, 11) is 5.11. The number of carbonyl (C=O) groups is 1. The number of methoxy groups -OCH3 is 1. The van der Waals surface area contributed by atoms with Gasteiger partial charge >= 0.3 is 6.01 Å². The predicted molar refractivity (Wildman–Crippen MR) is 87.9 cm³/mol. The fourth-order valence-electron chi connectivity index (χ4n) is 2.25. The first-order valence-electron chi connectivity index (χ1n) is 7.36. The van der Waals surface area contributed by atoms with Gasteiger partial charge in [-0.05, 0) is 12.1 Å². The highest BCUT2D eigenvalue weighted by molar-refractivity contribution is 5.96. The maximum Gasteiger partial charge on any atom is 0.318 e. The van der Waals surface area contributed by atoms with Crippen LogP contribution in [0.3, 0.4) is 0 Å². The van der Waals surface area contributed by atoms with Crippen molar-refractivity contribution < 1.29 is 19.0 Å². The van der Waals surface area contributed by atoms with Crippen LogP contribution in [0.5, 0.6) is 17.5 Å². The van der Waals surface area contributed by atoms with Gasteiger partial charge in [0.1, 0.15) is 12.3 Å². The van der Waals surface area contributed by atoms with Gasteiger partial charge in [-0.15, -0.1) is 0 Å². The van der Waals surface area contributed by atoms with E-state index >= 15 is 0 Å². The van der Waals surface area contributed by atoms with Crippen LogP contribution in [0.4, 0.5) is 11.5 Å². The van der Waals surface area contributed by atoms with Gasteiger partial charge in [-0.1, -0.05) is 12.1 Å². The molecular formula is C16H18N4O4. The number of carbonyl (C=O) groups excluding carboxylic acids is 1. The van der Waals surface area contributed by atoms with E-state index in [1.807, 2.05) is 26.2 Å². The molecule has 0 saturated carbocycles. The molecule has 1 N–H and O–H groups in total. The van der Waals surface area contributed by atoms with Crippen molar-refractivity contribution in [2.75, 3.05) is 38.0 Å². The molecule has 1 aliphatic heterocycles. The lowest BCUT2D eigenvalue weighted by Crippen LogP contribution is -2.40. The molecule has 2 aromatic rings. The van der Waals surface area contributed by atoms with E-state index in [9.17, 15) is 4.79 Å². The topological polar surface area (TPSA) is 85.8 Å². The van der Waals surface area contributed by atoms with Crippen molar-refractivity contribution in [2.24, 2.45) is 0 Å². The maximum absolute atomic E-state index is 12.5. The zero-order chi connectivity index (χ0) is 17.1. The molecule has 0 saturated heterocycles. The lowest BCUT2D eigenvalue weighted by molar-refractivity contribution is -0.125. The van der Waals surface area contributed by atoms with Gasteiger partial charge < -0.3 is 24.4 Å². The molecule has 1 atom stereocenters. The van der Waals surface area contributed by atoms with Crippen molar-refractivity contribution in [1.82, 2.24) is 9.97 Å². The highest BCUT2D eigenvalue weighted by Crippen LogP contribution is 2.31. The fourth-order valence-corrected chi connectivity index (χ4v) is 2.25. The van der Waals surface area contributed by atoms with Crippen LogP contribution in [0.1, 0.15) is 0 Å². The normalized spacial score (nSPS) is 15.5. The fraction of sp³-hybridized carbons (Fsp3) is 0.312. The van der Waals surface area contributed by atoms with Crippen molar-refractivity contribution >= 4 is 17.4 Å². The monoisotopic (exact) mass is 330 g/mol. The number of para-hydroxylation sites is 2. The van der Waals surface area contributed by atoms with Crippen molar-refractivity contribution in [3.63, 3.8) is 0 Å². The second-order valence-electron chi connectivity index (χ2n) is 5.34. The number of anilines is 2. The molecule has 0 bridgehead atoms. The van der Waals surface area contributed by atoms with E-state index in [1.165, 1.54) is 13.3 Å². The number of benzene rings is 1. The largest absolute Gasteiger partial charge is 0.485 e. The average Bonchev–Trinajstić information content (AvgIpc) is 2.61. The molecule has 3 rings (SSSR count). The average molecular weight is 330 g/mol. The van der Waals surface area contributed by atoms with Crippen LogP contribution in [-0.2, 0) is 4.79 Å². The first kappa shape index (κ1) is 15.9. The van der Waals surface area contributed by atoms with Crippen LogP contribution in [0.25, 0.3) is 0 Å². The number of aromatic nitrogens is 2. The zero-order valence-corrected chi connectivity index (χ0v) is 13.6. The third kappa shape index (κ3) is 3.17. The van der Waals surface area contributed by atoms with Crippen molar-refractivity contribution in [1.29, 1.82) is 0 Å². The van der Waals surface area contributed by atoms with E-state index in [2.05, 4.69) is 15.3 Å². The molecule has 1 amide bonds. The molecule has 2 heterocycles. The Morgan fingerprint density at radius 2 is 2.08 bits per heavy atom. The molecule has 0 radical (unpaired) electrons. The summed E-state index contributed by atoms with van der Waals surface area (Å²) >= 11 is 0. The third-order valence-electron chi connectivity index (χ3n) is 3.41. The molecule has 0 spiro atoms. The Morgan fingerprint density at radius 3 is 2.79 bits per heavy atom. The van der Waals surface area contributed by atoms with E-state index in [0.717, 1.165) is 0 Å². The predicted octanol–water partition coefficient (Wildman–Crippen LogP) is 1.33. The highest BCUT2D eigenvalue weighted by atomic mass is 16.6. The van der Waals surface area contributed by atoms with E-state index in [1.54, 1.807) is 17.0 Å². The van der Waals surface area contributed by atoms with Crippen LogP contribution in [0, 0.1) is 0 Å². The molecule has 1 unspecified atom stereocenters. The van der Waals surface area contributed by atoms with Crippen LogP contribution in [-0.4, -0.2) is 49.8 Å². The van der Waals surface area contributed by atoms with Gasteiger partial charge in [0.05, 0.1) is 13.3 Å². The molecule has 0 fully saturated rings. The van der Waals surface area contributed by atoms with Gasteiger partial charge in [0.2, 0.25) is 6.10 Å². The summed E-state index contributed by atoms with van der Waals surface area (Å²) in [6.07, 6.45) is 0.744. The van der Waals surface area contributed by atoms with Gasteiger partial charge in [0.15, 0.2) is 17.3 Å². The van der Waals surface area contributed by atoms with Gasteiger partial charge in [0.25, 0.3) is 5.91 Å². The van der Waals surface area contributed by atoms with Crippen LogP contribution in [0.2, 0.25) is 0 Å².